The van der Waals surface area contributed by atoms with E-state index in [9.17, 15) is 0 Å². The highest BCUT2D eigenvalue weighted by molar-refractivity contribution is 5.82. The van der Waals surface area contributed by atoms with E-state index in [2.05, 4.69) is 47.7 Å². The first-order chi connectivity index (χ1) is 9.86. The summed E-state index contributed by atoms with van der Waals surface area (Å²) in [5, 5.41) is 4.93. The smallest absolute Gasteiger partial charge is 0.0705 e. The number of hydrogen-bond acceptors (Lipinski definition) is 2. The van der Waals surface area contributed by atoms with E-state index in [1.165, 1.54) is 36.6 Å². The molecule has 1 heterocycles. The zero-order valence-corrected chi connectivity index (χ0v) is 12.0. The average Bonchev–Trinajstić information content (AvgIpc) is 3.11. The van der Waals surface area contributed by atoms with E-state index in [0.29, 0.717) is 6.04 Å². The summed E-state index contributed by atoms with van der Waals surface area (Å²) in [7, 11) is 2.12. The maximum absolute atomic E-state index is 4.51. The molecule has 20 heavy (non-hydrogen) atoms. The van der Waals surface area contributed by atoms with Crippen LogP contribution in [0.15, 0.2) is 36.5 Å². The summed E-state index contributed by atoms with van der Waals surface area (Å²) in [5.74, 6) is 2.74. The Kier molecular flexibility index (Phi) is 2.99. The standard InChI is InChI=1S/C18H22N2/c1-19-18(16-11-12-7-8-13(16)10-12)15-4-2-6-17-14(15)5-3-9-20-17/h2-6,9,12-13,16,18-19H,7-8,10-11H2,1H3. The molecule has 2 heteroatoms. The van der Waals surface area contributed by atoms with Gasteiger partial charge < -0.3 is 5.32 Å². The van der Waals surface area contributed by atoms with Crippen LogP contribution in [0, 0.1) is 17.8 Å². The van der Waals surface area contributed by atoms with Gasteiger partial charge in [0.2, 0.25) is 0 Å². The number of fused-ring (bicyclic) bond motifs is 3. The molecule has 4 rings (SSSR count). The Bertz CT molecular complexity index is 616. The van der Waals surface area contributed by atoms with Crippen LogP contribution in [-0.4, -0.2) is 12.0 Å². The van der Waals surface area contributed by atoms with Crippen molar-refractivity contribution in [3.8, 4) is 0 Å². The minimum Gasteiger partial charge on any atom is -0.313 e. The largest absolute Gasteiger partial charge is 0.313 e. The second-order valence-corrected chi connectivity index (χ2v) is 6.52. The third-order valence-electron chi connectivity index (χ3n) is 5.55. The lowest BCUT2D eigenvalue weighted by atomic mass is 9.79. The molecule has 2 aromatic rings. The van der Waals surface area contributed by atoms with Crippen molar-refractivity contribution in [2.45, 2.75) is 31.7 Å². The Labute approximate surface area is 120 Å². The molecule has 0 spiro atoms. The fourth-order valence-corrected chi connectivity index (χ4v) is 4.70. The summed E-state index contributed by atoms with van der Waals surface area (Å²) in [6.07, 6.45) is 7.67. The van der Waals surface area contributed by atoms with Gasteiger partial charge in [-0.05, 0) is 61.8 Å². The zero-order chi connectivity index (χ0) is 13.5. The molecule has 4 atom stereocenters. The number of nitrogens with zero attached hydrogens (tertiary/aromatic N) is 1. The van der Waals surface area contributed by atoms with E-state index in [1.54, 1.807) is 0 Å². The van der Waals surface area contributed by atoms with Crippen LogP contribution < -0.4 is 5.32 Å². The van der Waals surface area contributed by atoms with E-state index < -0.39 is 0 Å². The summed E-state index contributed by atoms with van der Waals surface area (Å²) in [6, 6.07) is 11.3. The fourth-order valence-electron chi connectivity index (χ4n) is 4.70. The Morgan fingerprint density at radius 1 is 1.15 bits per heavy atom. The van der Waals surface area contributed by atoms with Gasteiger partial charge in [-0.15, -0.1) is 0 Å². The van der Waals surface area contributed by atoms with Gasteiger partial charge in [-0.2, -0.15) is 0 Å². The van der Waals surface area contributed by atoms with E-state index in [0.717, 1.165) is 23.3 Å². The van der Waals surface area contributed by atoms with Crippen LogP contribution in [0.2, 0.25) is 0 Å². The molecule has 1 aromatic heterocycles. The molecule has 2 aliphatic carbocycles. The Morgan fingerprint density at radius 3 is 2.85 bits per heavy atom. The zero-order valence-electron chi connectivity index (χ0n) is 12.0. The summed E-state index contributed by atoms with van der Waals surface area (Å²) in [4.78, 5) is 4.51. The lowest BCUT2D eigenvalue weighted by Crippen LogP contribution is -2.29. The van der Waals surface area contributed by atoms with Crippen molar-refractivity contribution in [2.24, 2.45) is 17.8 Å². The van der Waals surface area contributed by atoms with Crippen molar-refractivity contribution in [1.82, 2.24) is 10.3 Å². The number of nitrogens with one attached hydrogen (secondary N) is 1. The van der Waals surface area contributed by atoms with Crippen LogP contribution >= 0.6 is 0 Å². The average molecular weight is 266 g/mol. The second-order valence-electron chi connectivity index (χ2n) is 6.52. The number of pyridine rings is 1. The maximum atomic E-state index is 4.51. The monoisotopic (exact) mass is 266 g/mol. The van der Waals surface area contributed by atoms with Gasteiger partial charge in [-0.1, -0.05) is 24.6 Å². The Morgan fingerprint density at radius 2 is 2.10 bits per heavy atom. The number of benzene rings is 1. The molecule has 0 amide bonds. The van der Waals surface area contributed by atoms with Gasteiger partial charge in [0.1, 0.15) is 0 Å². The molecule has 0 radical (unpaired) electrons. The molecule has 2 nitrogen and oxygen atoms in total. The summed E-state index contributed by atoms with van der Waals surface area (Å²) in [5.41, 5.74) is 2.56. The van der Waals surface area contributed by atoms with Crippen molar-refractivity contribution in [3.05, 3.63) is 42.1 Å². The van der Waals surface area contributed by atoms with E-state index in [1.807, 2.05) is 6.20 Å². The fraction of sp³-hybridized carbons (Fsp3) is 0.500. The highest BCUT2D eigenvalue weighted by Crippen LogP contribution is 2.52. The number of hydrogen-bond donors (Lipinski definition) is 1. The molecular weight excluding hydrogens is 244 g/mol. The molecule has 1 N–H and O–H groups in total. The van der Waals surface area contributed by atoms with Crippen molar-refractivity contribution in [3.63, 3.8) is 0 Å². The van der Waals surface area contributed by atoms with Gasteiger partial charge in [0.15, 0.2) is 0 Å². The topological polar surface area (TPSA) is 24.9 Å². The summed E-state index contributed by atoms with van der Waals surface area (Å²) >= 11 is 0. The van der Waals surface area contributed by atoms with Crippen molar-refractivity contribution in [2.75, 3.05) is 7.05 Å². The SMILES string of the molecule is CNC(c1cccc2ncccc12)C1CC2CCC1C2. The van der Waals surface area contributed by atoms with Gasteiger partial charge in [0.25, 0.3) is 0 Å². The van der Waals surface area contributed by atoms with Crippen LogP contribution in [0.1, 0.15) is 37.3 Å². The normalized spacial score (nSPS) is 29.9. The lowest BCUT2D eigenvalue weighted by Gasteiger charge is -2.31. The molecule has 2 saturated carbocycles. The molecule has 104 valence electrons. The van der Waals surface area contributed by atoms with Crippen LogP contribution in [0.3, 0.4) is 0 Å². The van der Waals surface area contributed by atoms with Crippen LogP contribution in [0.4, 0.5) is 0 Å². The van der Waals surface area contributed by atoms with Crippen molar-refractivity contribution < 1.29 is 0 Å². The van der Waals surface area contributed by atoms with E-state index >= 15 is 0 Å². The maximum Gasteiger partial charge on any atom is 0.0705 e. The van der Waals surface area contributed by atoms with Gasteiger partial charge in [-0.3, -0.25) is 4.98 Å². The third-order valence-corrected chi connectivity index (χ3v) is 5.55. The van der Waals surface area contributed by atoms with Crippen molar-refractivity contribution >= 4 is 10.9 Å². The van der Waals surface area contributed by atoms with E-state index in [-0.39, 0.29) is 0 Å². The first-order valence-corrected chi connectivity index (χ1v) is 7.87. The minimum atomic E-state index is 0.484. The molecule has 4 unspecified atom stereocenters. The summed E-state index contributed by atoms with van der Waals surface area (Å²) in [6.45, 7) is 0. The van der Waals surface area contributed by atoms with Crippen LogP contribution in [0.25, 0.3) is 10.9 Å². The third kappa shape index (κ3) is 1.86. The molecule has 0 saturated heterocycles. The van der Waals surface area contributed by atoms with Crippen molar-refractivity contribution in [1.29, 1.82) is 0 Å². The molecule has 2 fully saturated rings. The molecule has 0 aliphatic heterocycles. The molecule has 2 bridgehead atoms. The molecule has 2 aliphatic rings. The quantitative estimate of drug-likeness (QED) is 0.910. The first-order valence-electron chi connectivity index (χ1n) is 7.87. The van der Waals surface area contributed by atoms with Gasteiger partial charge in [0, 0.05) is 17.6 Å². The molecular formula is C18H22N2. The highest BCUT2D eigenvalue weighted by atomic mass is 14.9. The summed E-state index contributed by atoms with van der Waals surface area (Å²) < 4.78 is 0. The van der Waals surface area contributed by atoms with Gasteiger partial charge in [0.05, 0.1) is 5.52 Å². The second kappa shape index (κ2) is 4.85. The van der Waals surface area contributed by atoms with Gasteiger partial charge in [-0.25, -0.2) is 0 Å². The predicted molar refractivity (Wildman–Crippen MR) is 82.5 cm³/mol. The molecule has 1 aromatic carbocycles. The Hall–Kier alpha value is -1.41. The predicted octanol–water partition coefficient (Wildman–Crippen LogP) is 3.93. The lowest BCUT2D eigenvalue weighted by molar-refractivity contribution is 0.260. The van der Waals surface area contributed by atoms with E-state index in [4.69, 9.17) is 0 Å². The first kappa shape index (κ1) is 12.3. The van der Waals surface area contributed by atoms with Crippen LogP contribution in [-0.2, 0) is 0 Å². The van der Waals surface area contributed by atoms with Crippen LogP contribution in [0.5, 0.6) is 0 Å². The van der Waals surface area contributed by atoms with Gasteiger partial charge >= 0.3 is 0 Å². The number of aromatic nitrogens is 1. The highest BCUT2D eigenvalue weighted by Gasteiger charge is 2.43. The number of rotatable bonds is 3. The minimum absolute atomic E-state index is 0.484. The Balaban J connectivity index is 1.76.